The first-order valence-electron chi connectivity index (χ1n) is 12.4. The topological polar surface area (TPSA) is 61.8 Å². The molecule has 0 aromatic heterocycles. The summed E-state index contributed by atoms with van der Waals surface area (Å²) >= 11 is 1.11. The number of alkyl halides is 3. The number of nitrogens with zero attached hydrogens (tertiary/aromatic N) is 2. The Labute approximate surface area is 224 Å². The van der Waals surface area contributed by atoms with E-state index in [1.54, 1.807) is 0 Å². The van der Waals surface area contributed by atoms with Gasteiger partial charge in [-0.1, -0.05) is 78.5 Å². The number of halogens is 3. The van der Waals surface area contributed by atoms with Crippen molar-refractivity contribution in [3.63, 3.8) is 0 Å². The SMILES string of the molecule is O=C(NCCc1ccccc1)C1CC(=O)N(CCCc2ccccc2)C(=Nc2cccc(C(F)(F)F)c2)S1. The van der Waals surface area contributed by atoms with E-state index in [0.717, 1.165) is 41.4 Å². The Morgan fingerprint density at radius 2 is 1.61 bits per heavy atom. The monoisotopic (exact) mass is 539 g/mol. The summed E-state index contributed by atoms with van der Waals surface area (Å²) in [6, 6.07) is 24.2. The van der Waals surface area contributed by atoms with Gasteiger partial charge in [-0.05, 0) is 48.6 Å². The Morgan fingerprint density at radius 3 is 2.26 bits per heavy atom. The zero-order chi connectivity index (χ0) is 27.0. The third-order valence-electron chi connectivity index (χ3n) is 6.08. The van der Waals surface area contributed by atoms with E-state index in [2.05, 4.69) is 10.3 Å². The van der Waals surface area contributed by atoms with E-state index in [4.69, 9.17) is 0 Å². The van der Waals surface area contributed by atoms with Gasteiger partial charge >= 0.3 is 6.18 Å². The van der Waals surface area contributed by atoms with Crippen molar-refractivity contribution in [2.75, 3.05) is 13.1 Å². The van der Waals surface area contributed by atoms with Crippen molar-refractivity contribution >= 4 is 34.4 Å². The zero-order valence-electron chi connectivity index (χ0n) is 20.7. The van der Waals surface area contributed by atoms with Gasteiger partial charge in [0.15, 0.2) is 5.17 Å². The van der Waals surface area contributed by atoms with Gasteiger partial charge in [0.25, 0.3) is 0 Å². The molecule has 198 valence electrons. The number of rotatable bonds is 9. The molecule has 1 N–H and O–H groups in total. The summed E-state index contributed by atoms with van der Waals surface area (Å²) in [5, 5.41) is 2.40. The van der Waals surface area contributed by atoms with E-state index in [0.29, 0.717) is 25.9 Å². The van der Waals surface area contributed by atoms with Crippen LogP contribution in [-0.2, 0) is 28.6 Å². The number of nitrogens with one attached hydrogen (secondary N) is 1. The third-order valence-corrected chi connectivity index (χ3v) is 7.26. The first-order chi connectivity index (χ1) is 18.3. The molecule has 38 heavy (non-hydrogen) atoms. The molecule has 0 aliphatic carbocycles. The second-order valence-electron chi connectivity index (χ2n) is 8.91. The maximum atomic E-state index is 13.3. The van der Waals surface area contributed by atoms with Crippen molar-refractivity contribution < 1.29 is 22.8 Å². The number of aryl methyl sites for hydroxylation is 1. The van der Waals surface area contributed by atoms with Crippen molar-refractivity contribution in [2.24, 2.45) is 4.99 Å². The van der Waals surface area contributed by atoms with Crippen molar-refractivity contribution in [3.8, 4) is 0 Å². The fourth-order valence-electron chi connectivity index (χ4n) is 4.10. The van der Waals surface area contributed by atoms with Crippen molar-refractivity contribution in [2.45, 2.75) is 37.1 Å². The summed E-state index contributed by atoms with van der Waals surface area (Å²) in [7, 11) is 0. The Kier molecular flexibility index (Phi) is 9.23. The largest absolute Gasteiger partial charge is 0.416 e. The van der Waals surface area contributed by atoms with Gasteiger partial charge in [-0.2, -0.15) is 13.2 Å². The highest BCUT2D eigenvalue weighted by Gasteiger charge is 2.36. The Morgan fingerprint density at radius 1 is 0.947 bits per heavy atom. The number of carbonyl (C=O) groups excluding carboxylic acids is 2. The van der Waals surface area contributed by atoms with E-state index in [1.165, 1.54) is 17.0 Å². The molecule has 1 atom stereocenters. The van der Waals surface area contributed by atoms with Crippen LogP contribution in [-0.4, -0.2) is 40.2 Å². The molecule has 9 heteroatoms. The van der Waals surface area contributed by atoms with E-state index < -0.39 is 17.0 Å². The number of aliphatic imine (C=N–C) groups is 1. The second kappa shape index (κ2) is 12.8. The number of carbonyl (C=O) groups is 2. The van der Waals surface area contributed by atoms with Gasteiger partial charge in [0, 0.05) is 19.5 Å². The van der Waals surface area contributed by atoms with Gasteiger partial charge in [0.05, 0.1) is 16.5 Å². The number of benzene rings is 3. The van der Waals surface area contributed by atoms with Crippen LogP contribution in [0, 0.1) is 0 Å². The second-order valence-corrected chi connectivity index (χ2v) is 10.1. The molecule has 0 radical (unpaired) electrons. The van der Waals surface area contributed by atoms with Crippen LogP contribution in [0.25, 0.3) is 0 Å². The third kappa shape index (κ3) is 7.71. The van der Waals surface area contributed by atoms with Crippen LogP contribution >= 0.6 is 11.8 Å². The molecular weight excluding hydrogens is 511 g/mol. The average molecular weight is 540 g/mol. The summed E-state index contributed by atoms with van der Waals surface area (Å²) in [6.07, 6.45) is -2.49. The van der Waals surface area contributed by atoms with Gasteiger partial charge < -0.3 is 5.32 Å². The lowest BCUT2D eigenvalue weighted by Crippen LogP contribution is -2.47. The Balaban J connectivity index is 1.48. The first-order valence-corrected chi connectivity index (χ1v) is 13.3. The maximum Gasteiger partial charge on any atom is 0.416 e. The number of amides is 2. The van der Waals surface area contributed by atoms with Crippen LogP contribution in [0.3, 0.4) is 0 Å². The number of hydrogen-bond acceptors (Lipinski definition) is 4. The summed E-state index contributed by atoms with van der Waals surface area (Å²) in [4.78, 5) is 32.0. The predicted molar refractivity (Wildman–Crippen MR) is 144 cm³/mol. The summed E-state index contributed by atoms with van der Waals surface area (Å²) in [6.45, 7) is 0.760. The quantitative estimate of drug-likeness (QED) is 0.362. The maximum absolute atomic E-state index is 13.3. The zero-order valence-corrected chi connectivity index (χ0v) is 21.5. The minimum absolute atomic E-state index is 0.00517. The molecule has 1 aliphatic rings. The summed E-state index contributed by atoms with van der Waals surface area (Å²) < 4.78 is 39.8. The van der Waals surface area contributed by atoms with Gasteiger partial charge in [-0.15, -0.1) is 0 Å². The molecule has 4 rings (SSSR count). The van der Waals surface area contributed by atoms with Crippen LogP contribution in [0.4, 0.5) is 18.9 Å². The van der Waals surface area contributed by atoms with Crippen molar-refractivity contribution in [1.29, 1.82) is 0 Å². The smallest absolute Gasteiger partial charge is 0.355 e. The van der Waals surface area contributed by atoms with Crippen LogP contribution < -0.4 is 5.32 Å². The molecule has 2 amide bonds. The molecule has 3 aromatic rings. The highest BCUT2D eigenvalue weighted by Crippen LogP contribution is 2.33. The van der Waals surface area contributed by atoms with E-state index >= 15 is 0 Å². The molecule has 1 unspecified atom stereocenters. The predicted octanol–water partition coefficient (Wildman–Crippen LogP) is 6.02. The Hall–Kier alpha value is -3.59. The Bertz CT molecular complexity index is 1270. The van der Waals surface area contributed by atoms with Crippen molar-refractivity contribution in [1.82, 2.24) is 10.2 Å². The lowest BCUT2D eigenvalue weighted by atomic mass is 10.1. The van der Waals surface area contributed by atoms with Gasteiger partial charge in [0.1, 0.15) is 0 Å². The minimum Gasteiger partial charge on any atom is -0.355 e. The van der Waals surface area contributed by atoms with E-state index in [9.17, 15) is 22.8 Å². The van der Waals surface area contributed by atoms with Crippen molar-refractivity contribution in [3.05, 3.63) is 102 Å². The summed E-state index contributed by atoms with van der Waals surface area (Å²) in [5.74, 6) is -0.564. The first kappa shape index (κ1) is 27.4. The van der Waals surface area contributed by atoms with Crippen LogP contribution in [0.5, 0.6) is 0 Å². The van der Waals surface area contributed by atoms with Gasteiger partial charge in [0.2, 0.25) is 11.8 Å². The van der Waals surface area contributed by atoms with Gasteiger partial charge in [-0.3, -0.25) is 14.5 Å². The normalized spacial score (nSPS) is 17.0. The highest BCUT2D eigenvalue weighted by molar-refractivity contribution is 8.15. The highest BCUT2D eigenvalue weighted by atomic mass is 32.2. The number of hydrogen-bond donors (Lipinski definition) is 1. The standard InChI is InChI=1S/C29H28F3N3O2S/c30-29(31,32)23-14-7-15-24(19-23)34-28-35(18-8-13-21-9-3-1-4-10-21)26(36)20-25(38-28)27(37)33-17-16-22-11-5-2-6-12-22/h1-7,9-12,14-15,19,25H,8,13,16-18,20H2,(H,33,37). The lowest BCUT2D eigenvalue weighted by molar-refractivity contribution is -0.137. The average Bonchev–Trinajstić information content (AvgIpc) is 2.91. The van der Waals surface area contributed by atoms with Crippen LogP contribution in [0.15, 0.2) is 89.9 Å². The van der Waals surface area contributed by atoms with E-state index in [1.807, 2.05) is 60.7 Å². The summed E-state index contributed by atoms with van der Waals surface area (Å²) in [5.41, 5.74) is 1.46. The lowest BCUT2D eigenvalue weighted by Gasteiger charge is -2.32. The molecule has 1 fully saturated rings. The number of thioether (sulfide) groups is 1. The molecule has 0 bridgehead atoms. The number of amidine groups is 1. The van der Waals surface area contributed by atoms with Crippen LogP contribution in [0.2, 0.25) is 0 Å². The van der Waals surface area contributed by atoms with Gasteiger partial charge in [-0.25, -0.2) is 4.99 Å². The minimum atomic E-state index is -4.51. The molecule has 3 aromatic carbocycles. The molecule has 5 nitrogen and oxygen atoms in total. The van der Waals surface area contributed by atoms with E-state index in [-0.39, 0.29) is 29.1 Å². The fourth-order valence-corrected chi connectivity index (χ4v) is 5.25. The molecule has 1 saturated heterocycles. The van der Waals surface area contributed by atoms with Crippen LogP contribution in [0.1, 0.15) is 29.5 Å². The molecule has 1 aliphatic heterocycles. The molecule has 0 saturated carbocycles. The fraction of sp³-hybridized carbons (Fsp3) is 0.276. The molecule has 1 heterocycles. The molecular formula is C29H28F3N3O2S. The molecule has 0 spiro atoms.